The van der Waals surface area contributed by atoms with Gasteiger partial charge in [0.25, 0.3) is 0 Å². The van der Waals surface area contributed by atoms with E-state index in [1.165, 1.54) is 32.1 Å². The van der Waals surface area contributed by atoms with Crippen molar-refractivity contribution in [3.05, 3.63) is 35.4 Å². The fourth-order valence-electron chi connectivity index (χ4n) is 3.22. The van der Waals surface area contributed by atoms with E-state index in [-0.39, 0.29) is 0 Å². The zero-order chi connectivity index (χ0) is 17.1. The van der Waals surface area contributed by atoms with Crippen molar-refractivity contribution >= 4 is 50.1 Å². The van der Waals surface area contributed by atoms with Gasteiger partial charge in [0.2, 0.25) is 0 Å². The lowest BCUT2D eigenvalue weighted by Crippen LogP contribution is -2.26. The first kappa shape index (κ1) is 18.2. The van der Waals surface area contributed by atoms with Crippen LogP contribution >= 0.6 is 44.2 Å². The van der Waals surface area contributed by atoms with Crippen LogP contribution in [0.1, 0.15) is 38.5 Å². The van der Waals surface area contributed by atoms with Gasteiger partial charge < -0.3 is 14.0 Å². The van der Waals surface area contributed by atoms with Gasteiger partial charge in [0.1, 0.15) is 33.0 Å². The highest BCUT2D eigenvalue weighted by molar-refractivity contribution is 14.1. The topological polar surface area (TPSA) is 82.2 Å². The van der Waals surface area contributed by atoms with Gasteiger partial charge in [0.05, 0.1) is 35.1 Å². The number of aliphatic carboxylic acids is 1. The van der Waals surface area contributed by atoms with Crippen molar-refractivity contribution in [1.29, 1.82) is 0 Å². The molecule has 24 heavy (non-hydrogen) atoms. The van der Waals surface area contributed by atoms with Crippen molar-refractivity contribution in [3.8, 4) is 0 Å². The summed E-state index contributed by atoms with van der Waals surface area (Å²) in [6.45, 7) is 0.668. The number of hydrogen-bond donors (Lipinski definition) is 2. The quantitative estimate of drug-likeness (QED) is 0.395. The average molecular weight is 556 g/mol. The molecule has 0 radical (unpaired) electrons. The Kier molecular flexibility index (Phi) is 6.17. The molecule has 0 aromatic rings. The second-order valence-electron chi connectivity index (χ2n) is 6.38. The number of allylic oxidation sites excluding steroid dienone is 2. The molecule has 0 amide bonds. The maximum atomic E-state index is 11.8. The van der Waals surface area contributed by atoms with E-state index < -0.39 is 33.2 Å². The van der Waals surface area contributed by atoms with Crippen LogP contribution in [0.2, 0.25) is 0 Å². The summed E-state index contributed by atoms with van der Waals surface area (Å²) in [7, 11) is 0. The minimum atomic E-state index is -0.789. The average Bonchev–Trinajstić information content (AvgIpc) is 3.06. The lowest BCUT2D eigenvalue weighted by Gasteiger charge is -2.27. The van der Waals surface area contributed by atoms with Crippen LogP contribution in [0.4, 0.5) is 0 Å². The summed E-state index contributed by atoms with van der Waals surface area (Å²) in [6, 6.07) is 0.573. The Balaban J connectivity index is 1.70. The second kappa shape index (κ2) is 8.15. The van der Waals surface area contributed by atoms with Gasteiger partial charge in [0, 0.05) is 12.2 Å². The molecule has 3 rings (SSSR count). The number of halogens is 2. The highest BCUT2D eigenvalue weighted by atomic mass is 127. The summed E-state index contributed by atoms with van der Waals surface area (Å²) in [5.74, 6) is -0.643. The van der Waals surface area contributed by atoms with Gasteiger partial charge >= 0.3 is 5.97 Å². The van der Waals surface area contributed by atoms with Crippen LogP contribution in [0.5, 0.6) is 0 Å². The SMILES string of the molecule is NC1=CC=C(C[C@@H](C(=O)O)C2=CN(C3CCCCC3)I=N2)CN1I. The van der Waals surface area contributed by atoms with E-state index in [4.69, 9.17) is 5.73 Å². The lowest BCUT2D eigenvalue weighted by atomic mass is 9.94. The Morgan fingerprint density at radius 3 is 2.83 bits per heavy atom. The summed E-state index contributed by atoms with van der Waals surface area (Å²) >= 11 is 1.70. The molecule has 2 aliphatic heterocycles. The van der Waals surface area contributed by atoms with Crippen LogP contribution in [0.3, 0.4) is 0 Å². The predicted octanol–water partition coefficient (Wildman–Crippen LogP) is 4.03. The van der Waals surface area contributed by atoms with Crippen LogP contribution < -0.4 is 5.73 Å². The molecule has 0 spiro atoms. The molecule has 3 N–H and O–H groups in total. The third kappa shape index (κ3) is 4.30. The van der Waals surface area contributed by atoms with Gasteiger partial charge in [-0.25, -0.2) is 3.15 Å². The summed E-state index contributed by atoms with van der Waals surface area (Å²) in [5, 5.41) is 9.69. The molecule has 0 aromatic heterocycles. The monoisotopic (exact) mass is 556 g/mol. The van der Waals surface area contributed by atoms with Gasteiger partial charge in [0.15, 0.2) is 0 Å². The molecule has 1 aliphatic carbocycles. The third-order valence-electron chi connectivity index (χ3n) is 4.64. The van der Waals surface area contributed by atoms with Crippen molar-refractivity contribution in [2.75, 3.05) is 6.54 Å². The van der Waals surface area contributed by atoms with Gasteiger partial charge in [-0.1, -0.05) is 25.3 Å². The maximum Gasteiger partial charge on any atom is 0.312 e. The normalized spacial score (nSPS) is 23.3. The first-order valence-electron chi connectivity index (χ1n) is 8.21. The van der Waals surface area contributed by atoms with E-state index in [1.807, 2.05) is 21.5 Å². The number of nitrogens with zero attached hydrogens (tertiary/aromatic N) is 3. The smallest absolute Gasteiger partial charge is 0.312 e. The van der Waals surface area contributed by atoms with Crippen LogP contribution in [-0.4, -0.2) is 29.9 Å². The molecule has 2 heterocycles. The molecule has 132 valence electrons. The molecule has 0 bridgehead atoms. The Labute approximate surface area is 166 Å². The van der Waals surface area contributed by atoms with E-state index >= 15 is 0 Å². The third-order valence-corrected chi connectivity index (χ3v) is 7.87. The Morgan fingerprint density at radius 1 is 1.42 bits per heavy atom. The molecule has 8 heteroatoms. The van der Waals surface area contributed by atoms with Gasteiger partial charge in [-0.2, -0.15) is 0 Å². The summed E-state index contributed by atoms with van der Waals surface area (Å²) in [6.07, 6.45) is 12.6. The molecular formula is C16H22I2N4O2. The van der Waals surface area contributed by atoms with Crippen molar-refractivity contribution in [1.82, 2.24) is 6.23 Å². The number of carboxylic acids is 1. The Bertz CT molecular complexity index is 624. The van der Waals surface area contributed by atoms with E-state index in [1.54, 1.807) is 0 Å². The molecule has 0 unspecified atom stereocenters. The van der Waals surface area contributed by atoms with Crippen LogP contribution in [-0.2, 0) is 4.79 Å². The first-order chi connectivity index (χ1) is 11.5. The van der Waals surface area contributed by atoms with E-state index in [0.717, 1.165) is 11.3 Å². The highest BCUT2D eigenvalue weighted by Gasteiger charge is 2.30. The van der Waals surface area contributed by atoms with Gasteiger partial charge in [-0.05, 0) is 30.9 Å². The zero-order valence-corrected chi connectivity index (χ0v) is 17.7. The van der Waals surface area contributed by atoms with Crippen molar-refractivity contribution < 1.29 is 9.90 Å². The largest absolute Gasteiger partial charge is 0.481 e. The number of hydrogen-bond acceptors (Lipinski definition) is 5. The standard InChI is InChI=1S/C16H22I2N4O2/c17-21-9-11(6-7-15(21)19)8-13(16(23)24)14-10-22(18-20-14)12-4-2-1-3-5-12/h6-7,10,12-13H,1-5,8-9,19H2,(H,23,24)/t13-/m1/s1. The second-order valence-corrected chi connectivity index (χ2v) is 9.57. The molecule has 0 aromatic carbocycles. The van der Waals surface area contributed by atoms with E-state index in [2.05, 4.69) is 29.1 Å². The Morgan fingerprint density at radius 2 is 2.17 bits per heavy atom. The van der Waals surface area contributed by atoms with Crippen molar-refractivity contribution in [2.45, 2.75) is 44.6 Å². The molecule has 0 saturated heterocycles. The van der Waals surface area contributed by atoms with Crippen LogP contribution in [0.15, 0.2) is 38.6 Å². The van der Waals surface area contributed by atoms with Crippen LogP contribution in [0.25, 0.3) is 0 Å². The number of carbonyl (C=O) groups is 1. The summed E-state index contributed by atoms with van der Waals surface area (Å²) in [5.41, 5.74) is 7.67. The molecule has 1 fully saturated rings. The summed E-state index contributed by atoms with van der Waals surface area (Å²) in [4.78, 5) is 11.8. The lowest BCUT2D eigenvalue weighted by molar-refractivity contribution is -0.140. The minimum Gasteiger partial charge on any atom is -0.481 e. The van der Waals surface area contributed by atoms with Crippen LogP contribution in [0, 0.1) is 5.92 Å². The van der Waals surface area contributed by atoms with Crippen molar-refractivity contribution in [2.24, 2.45) is 14.8 Å². The molecule has 3 aliphatic rings. The van der Waals surface area contributed by atoms with Crippen molar-refractivity contribution in [3.63, 3.8) is 0 Å². The number of nitrogens with two attached hydrogens (primary N) is 1. The molecular weight excluding hydrogens is 534 g/mol. The predicted molar refractivity (Wildman–Crippen MR) is 110 cm³/mol. The first-order valence-corrected chi connectivity index (χ1v) is 11.1. The fourth-order valence-corrected chi connectivity index (χ4v) is 6.10. The van der Waals surface area contributed by atoms with E-state index in [0.29, 0.717) is 24.8 Å². The van der Waals surface area contributed by atoms with Gasteiger partial charge in [-0.15, -0.1) is 0 Å². The van der Waals surface area contributed by atoms with E-state index in [9.17, 15) is 9.90 Å². The zero-order valence-electron chi connectivity index (χ0n) is 13.4. The molecule has 1 atom stereocenters. The molecule has 6 nitrogen and oxygen atoms in total. The fraction of sp³-hybridized carbons (Fsp3) is 0.562. The number of rotatable bonds is 5. The highest BCUT2D eigenvalue weighted by Crippen LogP contribution is 2.37. The Hall–Kier alpha value is -0.650. The summed E-state index contributed by atoms with van der Waals surface area (Å²) < 4.78 is 8.91. The maximum absolute atomic E-state index is 11.8. The molecule has 1 saturated carbocycles. The number of carboxylic acid groups (broad SMARTS) is 1. The minimum absolute atomic E-state index is 0.450. The van der Waals surface area contributed by atoms with Gasteiger partial charge in [-0.3, -0.25) is 7.91 Å².